The molecule has 3 aromatic rings. The van der Waals surface area contributed by atoms with Gasteiger partial charge in [0.25, 0.3) is 5.91 Å². The van der Waals surface area contributed by atoms with Crippen LogP contribution in [0.3, 0.4) is 0 Å². The molecule has 0 radical (unpaired) electrons. The molecule has 144 valence electrons. The van der Waals surface area contributed by atoms with Crippen molar-refractivity contribution >= 4 is 11.9 Å². The van der Waals surface area contributed by atoms with Crippen LogP contribution in [0.2, 0.25) is 0 Å². The number of nitrogens with one attached hydrogen (secondary N) is 1. The molecule has 1 aromatic heterocycles. The Morgan fingerprint density at radius 1 is 1.18 bits per heavy atom. The Kier molecular flexibility index (Phi) is 5.74. The molecule has 0 unspecified atom stereocenters. The number of hydrogen-bond acceptors (Lipinski definition) is 5. The molecule has 1 heterocycles. The molecule has 0 fully saturated rings. The largest absolute Gasteiger partial charge is 0.497 e. The summed E-state index contributed by atoms with van der Waals surface area (Å²) in [5.41, 5.74) is 1.50. The summed E-state index contributed by atoms with van der Waals surface area (Å²) in [5, 5.41) is 12.0. The van der Waals surface area contributed by atoms with Crippen molar-refractivity contribution < 1.29 is 23.8 Å². The highest BCUT2D eigenvalue weighted by Gasteiger charge is 2.23. The Morgan fingerprint density at radius 2 is 1.93 bits per heavy atom. The number of rotatable bonds is 7. The summed E-state index contributed by atoms with van der Waals surface area (Å²) < 4.78 is 10.8. The normalized spacial score (nSPS) is 11.6. The second-order valence-corrected chi connectivity index (χ2v) is 6.19. The lowest BCUT2D eigenvalue weighted by molar-refractivity contribution is -0.137. The molecule has 7 heteroatoms. The van der Waals surface area contributed by atoms with Gasteiger partial charge in [0.1, 0.15) is 11.5 Å². The van der Waals surface area contributed by atoms with Gasteiger partial charge >= 0.3 is 5.97 Å². The van der Waals surface area contributed by atoms with Crippen LogP contribution in [0.5, 0.6) is 5.75 Å². The fourth-order valence-electron chi connectivity index (χ4n) is 2.82. The van der Waals surface area contributed by atoms with E-state index in [9.17, 15) is 14.7 Å². The number of aryl methyl sites for hydroxylation is 1. The molecule has 7 nitrogen and oxygen atoms in total. The third-order valence-corrected chi connectivity index (χ3v) is 4.21. The van der Waals surface area contributed by atoms with Gasteiger partial charge in [-0.3, -0.25) is 9.59 Å². The van der Waals surface area contributed by atoms with Crippen molar-refractivity contribution in [2.75, 3.05) is 7.11 Å². The van der Waals surface area contributed by atoms with Crippen molar-refractivity contribution in [3.8, 4) is 17.2 Å². The van der Waals surface area contributed by atoms with Crippen molar-refractivity contribution in [1.82, 2.24) is 10.3 Å². The molecular weight excluding hydrogens is 360 g/mol. The number of nitrogens with zero attached hydrogens (tertiary/aromatic N) is 1. The van der Waals surface area contributed by atoms with Crippen LogP contribution in [-0.4, -0.2) is 29.1 Å². The quantitative estimate of drug-likeness (QED) is 0.649. The van der Waals surface area contributed by atoms with Crippen molar-refractivity contribution in [3.05, 3.63) is 71.6 Å². The lowest BCUT2D eigenvalue weighted by Gasteiger charge is -2.17. The maximum atomic E-state index is 12.8. The van der Waals surface area contributed by atoms with Crippen molar-refractivity contribution in [1.29, 1.82) is 0 Å². The Balaban J connectivity index is 1.86. The summed E-state index contributed by atoms with van der Waals surface area (Å²) >= 11 is 0. The number of amides is 1. The summed E-state index contributed by atoms with van der Waals surface area (Å²) in [6.45, 7) is 1.64. The molecule has 0 spiro atoms. The molecule has 0 aliphatic heterocycles. The summed E-state index contributed by atoms with van der Waals surface area (Å²) in [6, 6.07) is 15.4. The molecule has 0 aliphatic carbocycles. The second-order valence-electron chi connectivity index (χ2n) is 6.19. The number of carbonyl (C=O) groups is 2. The van der Waals surface area contributed by atoms with E-state index in [1.165, 1.54) is 7.11 Å². The van der Waals surface area contributed by atoms with Crippen LogP contribution < -0.4 is 10.1 Å². The third kappa shape index (κ3) is 4.37. The molecule has 0 bridgehead atoms. The Bertz CT molecular complexity index is 981. The molecular formula is C21H20N2O5. The van der Waals surface area contributed by atoms with E-state index in [-0.39, 0.29) is 12.1 Å². The van der Waals surface area contributed by atoms with E-state index in [1.54, 1.807) is 31.2 Å². The van der Waals surface area contributed by atoms with Crippen molar-refractivity contribution in [2.45, 2.75) is 19.4 Å². The van der Waals surface area contributed by atoms with E-state index in [4.69, 9.17) is 9.15 Å². The predicted octanol–water partition coefficient (Wildman–Crippen LogP) is 3.60. The minimum Gasteiger partial charge on any atom is -0.497 e. The Labute approximate surface area is 162 Å². The minimum absolute atomic E-state index is 0.122. The van der Waals surface area contributed by atoms with E-state index in [0.717, 1.165) is 5.56 Å². The van der Waals surface area contributed by atoms with E-state index >= 15 is 0 Å². The molecule has 1 atom stereocenters. The molecule has 0 aliphatic rings. The van der Waals surface area contributed by atoms with Crippen LogP contribution >= 0.6 is 0 Å². The zero-order valence-corrected chi connectivity index (χ0v) is 15.5. The zero-order valence-electron chi connectivity index (χ0n) is 15.5. The van der Waals surface area contributed by atoms with Gasteiger partial charge in [-0.15, -0.1) is 0 Å². The number of carboxylic acids is 1. The van der Waals surface area contributed by atoms with Crippen LogP contribution in [0.25, 0.3) is 11.5 Å². The average molecular weight is 380 g/mol. The monoisotopic (exact) mass is 380 g/mol. The second kappa shape index (κ2) is 8.39. The fourth-order valence-corrected chi connectivity index (χ4v) is 2.82. The van der Waals surface area contributed by atoms with Gasteiger partial charge in [0, 0.05) is 5.56 Å². The molecule has 2 aromatic carbocycles. The Morgan fingerprint density at radius 3 is 2.61 bits per heavy atom. The van der Waals surface area contributed by atoms with Crippen LogP contribution in [0, 0.1) is 6.92 Å². The van der Waals surface area contributed by atoms with E-state index in [0.29, 0.717) is 23.0 Å². The Hall–Kier alpha value is -3.61. The molecule has 3 rings (SSSR count). The van der Waals surface area contributed by atoms with Gasteiger partial charge in [-0.2, -0.15) is 0 Å². The highest BCUT2D eigenvalue weighted by molar-refractivity contribution is 5.94. The fraction of sp³-hybridized carbons (Fsp3) is 0.190. The first-order valence-electron chi connectivity index (χ1n) is 8.67. The van der Waals surface area contributed by atoms with Gasteiger partial charge in [-0.1, -0.05) is 30.3 Å². The number of carboxylic acid groups (broad SMARTS) is 1. The van der Waals surface area contributed by atoms with Crippen molar-refractivity contribution in [3.63, 3.8) is 0 Å². The number of oxazole rings is 1. The highest BCUT2D eigenvalue weighted by atomic mass is 16.5. The number of carbonyl (C=O) groups excluding carboxylic acids is 1. The average Bonchev–Trinajstić information content (AvgIpc) is 3.09. The summed E-state index contributed by atoms with van der Waals surface area (Å²) in [4.78, 5) is 28.4. The number of benzene rings is 2. The molecule has 28 heavy (non-hydrogen) atoms. The number of aliphatic carboxylic acids is 1. The first-order chi connectivity index (χ1) is 13.5. The highest BCUT2D eigenvalue weighted by Crippen LogP contribution is 2.24. The maximum Gasteiger partial charge on any atom is 0.305 e. The van der Waals surface area contributed by atoms with Crippen LogP contribution in [0.1, 0.15) is 34.3 Å². The first kappa shape index (κ1) is 19.2. The minimum atomic E-state index is -1.03. The molecule has 1 amide bonds. The zero-order chi connectivity index (χ0) is 20.1. The van der Waals surface area contributed by atoms with E-state index in [2.05, 4.69) is 10.3 Å². The molecule has 0 saturated heterocycles. The number of aromatic nitrogens is 1. The van der Waals surface area contributed by atoms with Crippen LogP contribution in [-0.2, 0) is 4.79 Å². The van der Waals surface area contributed by atoms with Gasteiger partial charge in [-0.25, -0.2) is 4.98 Å². The first-order valence-corrected chi connectivity index (χ1v) is 8.67. The summed E-state index contributed by atoms with van der Waals surface area (Å²) in [5.74, 6) is -0.269. The topological polar surface area (TPSA) is 102 Å². The number of methoxy groups -OCH3 is 1. The van der Waals surface area contributed by atoms with Gasteiger partial charge < -0.3 is 19.6 Å². The standard InChI is InChI=1S/C21H20N2O5/c1-13-19(23-21(28-13)14-7-4-3-5-8-14)20(26)22-17(12-18(24)25)15-9-6-10-16(11-15)27-2/h3-11,17H,12H2,1-2H3,(H,22,26)(H,24,25)/t17-/m0/s1. The van der Waals surface area contributed by atoms with Gasteiger partial charge in [-0.05, 0) is 36.8 Å². The van der Waals surface area contributed by atoms with Gasteiger partial charge in [0.05, 0.1) is 19.6 Å². The van der Waals surface area contributed by atoms with E-state index in [1.807, 2.05) is 30.3 Å². The summed E-state index contributed by atoms with van der Waals surface area (Å²) in [6.07, 6.45) is -0.276. The van der Waals surface area contributed by atoms with Gasteiger partial charge in [0.2, 0.25) is 5.89 Å². The SMILES string of the molecule is COc1cccc([C@H](CC(=O)O)NC(=O)c2nc(-c3ccccc3)oc2C)c1. The smallest absolute Gasteiger partial charge is 0.305 e. The third-order valence-electron chi connectivity index (χ3n) is 4.21. The van der Waals surface area contributed by atoms with Crippen molar-refractivity contribution in [2.24, 2.45) is 0 Å². The lowest BCUT2D eigenvalue weighted by Crippen LogP contribution is -2.30. The number of hydrogen-bond donors (Lipinski definition) is 2. The predicted molar refractivity (Wildman–Crippen MR) is 102 cm³/mol. The van der Waals surface area contributed by atoms with Gasteiger partial charge in [0.15, 0.2) is 5.69 Å². The summed E-state index contributed by atoms with van der Waals surface area (Å²) in [7, 11) is 1.52. The maximum absolute atomic E-state index is 12.8. The van der Waals surface area contributed by atoms with E-state index < -0.39 is 17.9 Å². The molecule has 2 N–H and O–H groups in total. The van der Waals surface area contributed by atoms with Crippen LogP contribution in [0.4, 0.5) is 0 Å². The van der Waals surface area contributed by atoms with Crippen LogP contribution in [0.15, 0.2) is 59.0 Å². The lowest BCUT2D eigenvalue weighted by atomic mass is 10.0. The molecule has 0 saturated carbocycles. The number of ether oxygens (including phenoxy) is 1.